The highest BCUT2D eigenvalue weighted by atomic mass is 35.5. The number of alkyl halides is 3. The molecule has 0 unspecified atom stereocenters. The van der Waals surface area contributed by atoms with E-state index in [1.807, 2.05) is 0 Å². The molecule has 9 heteroatoms. The maximum atomic E-state index is 13.1. The summed E-state index contributed by atoms with van der Waals surface area (Å²) in [7, 11) is 1.18. The summed E-state index contributed by atoms with van der Waals surface area (Å²) in [5, 5.41) is 2.77. The van der Waals surface area contributed by atoms with Crippen LogP contribution in [0.3, 0.4) is 0 Å². The SMILES string of the molecule is CCO/C=C(\C(=O)c1c(C(F)(F)F)nn(C)c1Cl)C(=O)C1CC1. The van der Waals surface area contributed by atoms with Crippen molar-refractivity contribution in [3.63, 3.8) is 0 Å². The molecule has 23 heavy (non-hydrogen) atoms. The molecule has 5 nitrogen and oxygen atoms in total. The molecule has 0 spiro atoms. The predicted molar refractivity (Wildman–Crippen MR) is 75.0 cm³/mol. The average molecular weight is 351 g/mol. The number of nitrogens with zero attached hydrogens (tertiary/aromatic N) is 2. The van der Waals surface area contributed by atoms with Gasteiger partial charge < -0.3 is 4.74 Å². The van der Waals surface area contributed by atoms with Gasteiger partial charge in [-0.1, -0.05) is 11.6 Å². The number of carbonyl (C=O) groups is 2. The van der Waals surface area contributed by atoms with Crippen LogP contribution in [0.2, 0.25) is 5.15 Å². The molecule has 0 N–H and O–H groups in total. The van der Waals surface area contributed by atoms with Gasteiger partial charge in [0.2, 0.25) is 5.78 Å². The van der Waals surface area contributed by atoms with Crippen molar-refractivity contribution < 1.29 is 27.5 Å². The number of hydrogen-bond donors (Lipinski definition) is 0. The highest BCUT2D eigenvalue weighted by Crippen LogP contribution is 2.37. The molecule has 1 aromatic rings. The Morgan fingerprint density at radius 2 is 2.04 bits per heavy atom. The third-order valence-corrected chi connectivity index (χ3v) is 3.73. The number of carbonyl (C=O) groups excluding carboxylic acids is 2. The van der Waals surface area contributed by atoms with E-state index in [1.165, 1.54) is 7.05 Å². The summed E-state index contributed by atoms with van der Waals surface area (Å²) >= 11 is 5.79. The zero-order chi connectivity index (χ0) is 17.4. The number of ketones is 2. The van der Waals surface area contributed by atoms with Crippen LogP contribution in [0.1, 0.15) is 35.8 Å². The van der Waals surface area contributed by atoms with Crippen LogP contribution in [-0.4, -0.2) is 28.0 Å². The number of rotatable bonds is 6. The smallest absolute Gasteiger partial charge is 0.435 e. The Morgan fingerprint density at radius 1 is 1.43 bits per heavy atom. The number of aromatic nitrogens is 2. The zero-order valence-corrected chi connectivity index (χ0v) is 13.2. The van der Waals surface area contributed by atoms with Crippen molar-refractivity contribution in [2.45, 2.75) is 25.9 Å². The van der Waals surface area contributed by atoms with E-state index in [2.05, 4.69) is 5.10 Å². The Morgan fingerprint density at radius 3 is 2.52 bits per heavy atom. The summed E-state index contributed by atoms with van der Waals surface area (Å²) in [5.74, 6) is -2.01. The Balaban J connectivity index is 2.50. The minimum Gasteiger partial charge on any atom is -0.501 e. The largest absolute Gasteiger partial charge is 0.501 e. The van der Waals surface area contributed by atoms with E-state index in [0.29, 0.717) is 12.8 Å². The number of aryl methyl sites for hydroxylation is 1. The van der Waals surface area contributed by atoms with E-state index in [0.717, 1.165) is 10.9 Å². The van der Waals surface area contributed by atoms with E-state index >= 15 is 0 Å². The van der Waals surface area contributed by atoms with Gasteiger partial charge >= 0.3 is 6.18 Å². The first-order valence-electron chi connectivity index (χ1n) is 6.88. The van der Waals surface area contributed by atoms with Crippen LogP contribution >= 0.6 is 11.6 Å². The average Bonchev–Trinajstić information content (AvgIpc) is 3.25. The molecule has 1 fully saturated rings. The Bertz CT molecular complexity index is 676. The Hall–Kier alpha value is -1.83. The lowest BCUT2D eigenvalue weighted by molar-refractivity contribution is -0.141. The van der Waals surface area contributed by atoms with E-state index in [9.17, 15) is 22.8 Å². The first-order valence-corrected chi connectivity index (χ1v) is 7.26. The van der Waals surface area contributed by atoms with Crippen molar-refractivity contribution in [1.82, 2.24) is 9.78 Å². The Kier molecular flexibility index (Phi) is 4.84. The first kappa shape index (κ1) is 17.5. The molecular weight excluding hydrogens is 337 g/mol. The minimum atomic E-state index is -4.87. The fraction of sp³-hybridized carbons (Fsp3) is 0.500. The summed E-state index contributed by atoms with van der Waals surface area (Å²) in [5.41, 5.74) is -2.68. The highest BCUT2D eigenvalue weighted by Gasteiger charge is 2.43. The van der Waals surface area contributed by atoms with Gasteiger partial charge in [0, 0.05) is 13.0 Å². The topological polar surface area (TPSA) is 61.2 Å². The number of hydrogen-bond acceptors (Lipinski definition) is 4. The maximum absolute atomic E-state index is 13.1. The van der Waals surface area contributed by atoms with Gasteiger partial charge in [0.15, 0.2) is 11.5 Å². The molecule has 0 aliphatic heterocycles. The maximum Gasteiger partial charge on any atom is 0.435 e. The standard InChI is InChI=1S/C14H14ClF3N2O3/c1-3-23-6-8(10(21)7-4-5-7)11(22)9-12(14(16,17)18)19-20(2)13(9)15/h6-7H,3-5H2,1-2H3/b8-6-. The van der Waals surface area contributed by atoms with Crippen molar-refractivity contribution in [1.29, 1.82) is 0 Å². The predicted octanol–water partition coefficient (Wildman–Crippen LogP) is 3.17. The molecule has 2 rings (SSSR count). The number of allylic oxidation sites excluding steroid dienone is 1. The normalized spacial score (nSPS) is 15.7. The molecule has 126 valence electrons. The highest BCUT2D eigenvalue weighted by molar-refractivity contribution is 6.37. The van der Waals surface area contributed by atoms with Gasteiger partial charge in [0.1, 0.15) is 10.7 Å². The molecule has 1 aliphatic rings. The van der Waals surface area contributed by atoms with Crippen molar-refractivity contribution in [3.8, 4) is 0 Å². The second-order valence-electron chi connectivity index (χ2n) is 5.09. The number of Topliss-reactive ketones (excluding diaryl/α,β-unsaturated/α-hetero) is 2. The van der Waals surface area contributed by atoms with Crippen LogP contribution in [0.4, 0.5) is 13.2 Å². The molecule has 1 saturated carbocycles. The summed E-state index contributed by atoms with van der Waals surface area (Å²) in [6.45, 7) is 1.79. The van der Waals surface area contributed by atoms with E-state index in [4.69, 9.17) is 16.3 Å². The summed E-state index contributed by atoms with van der Waals surface area (Å²) in [6.07, 6.45) is -2.76. The second-order valence-corrected chi connectivity index (χ2v) is 5.45. The van der Waals surface area contributed by atoms with E-state index in [-0.39, 0.29) is 12.5 Å². The molecule has 0 atom stereocenters. The molecule has 0 saturated heterocycles. The summed E-state index contributed by atoms with van der Waals surface area (Å²) in [6, 6.07) is 0. The minimum absolute atomic E-state index is 0.168. The molecule has 0 bridgehead atoms. The summed E-state index contributed by atoms with van der Waals surface area (Å²) in [4.78, 5) is 24.7. The van der Waals surface area contributed by atoms with Gasteiger partial charge in [-0.25, -0.2) is 0 Å². The molecule has 1 heterocycles. The van der Waals surface area contributed by atoms with Crippen LogP contribution in [0.25, 0.3) is 0 Å². The lowest BCUT2D eigenvalue weighted by Gasteiger charge is -2.08. The van der Waals surface area contributed by atoms with Gasteiger partial charge in [-0.2, -0.15) is 18.3 Å². The van der Waals surface area contributed by atoms with Gasteiger partial charge in [-0.15, -0.1) is 0 Å². The molecule has 0 aromatic carbocycles. The fourth-order valence-electron chi connectivity index (χ4n) is 1.99. The van der Waals surface area contributed by atoms with Crippen LogP contribution in [0, 0.1) is 5.92 Å². The molecule has 1 aromatic heterocycles. The van der Waals surface area contributed by atoms with Gasteiger partial charge in [-0.3, -0.25) is 14.3 Å². The van der Waals surface area contributed by atoms with Crippen molar-refractivity contribution >= 4 is 23.2 Å². The van der Waals surface area contributed by atoms with Crippen LogP contribution in [0.5, 0.6) is 0 Å². The Labute approximate surface area is 135 Å². The lowest BCUT2D eigenvalue weighted by atomic mass is 9.99. The molecule has 0 amide bonds. The van der Waals surface area contributed by atoms with Gasteiger partial charge in [0.05, 0.1) is 18.4 Å². The second kappa shape index (κ2) is 6.35. The molecule has 1 aliphatic carbocycles. The fourth-order valence-corrected chi connectivity index (χ4v) is 2.21. The van der Waals surface area contributed by atoms with E-state index < -0.39 is 39.7 Å². The van der Waals surface area contributed by atoms with Crippen molar-refractivity contribution in [2.75, 3.05) is 6.61 Å². The van der Waals surface area contributed by atoms with Crippen molar-refractivity contribution in [3.05, 3.63) is 28.2 Å². The zero-order valence-electron chi connectivity index (χ0n) is 12.4. The number of ether oxygens (including phenoxy) is 1. The van der Waals surface area contributed by atoms with Gasteiger partial charge in [0.25, 0.3) is 0 Å². The third kappa shape index (κ3) is 3.57. The first-order chi connectivity index (χ1) is 10.7. The van der Waals surface area contributed by atoms with Crippen LogP contribution in [-0.2, 0) is 22.8 Å². The lowest BCUT2D eigenvalue weighted by Crippen LogP contribution is -2.19. The monoisotopic (exact) mass is 350 g/mol. The quantitative estimate of drug-likeness (QED) is 0.260. The number of halogens is 4. The third-order valence-electron chi connectivity index (χ3n) is 3.30. The molecular formula is C14H14ClF3N2O3. The van der Waals surface area contributed by atoms with Crippen molar-refractivity contribution in [2.24, 2.45) is 13.0 Å². The van der Waals surface area contributed by atoms with Gasteiger partial charge in [-0.05, 0) is 19.8 Å². The van der Waals surface area contributed by atoms with Crippen LogP contribution in [0.15, 0.2) is 11.8 Å². The van der Waals surface area contributed by atoms with Crippen LogP contribution < -0.4 is 0 Å². The summed E-state index contributed by atoms with van der Waals surface area (Å²) < 4.78 is 44.9. The van der Waals surface area contributed by atoms with E-state index in [1.54, 1.807) is 6.92 Å². The molecule has 0 radical (unpaired) electrons.